The lowest BCUT2D eigenvalue weighted by Crippen LogP contribution is -2.12. The standard InChI is InChI=1S/C15H20/c1-2-6-13-9-11-15(12-10-13)14-7-4-3-5-8-14/h2-5,7-8,13,15H,1,6,9-12H2/t13-,15-. The minimum Gasteiger partial charge on any atom is -0.103 e. The van der Waals surface area contributed by atoms with E-state index in [2.05, 4.69) is 43.0 Å². The Morgan fingerprint density at radius 1 is 1.07 bits per heavy atom. The molecule has 0 radical (unpaired) electrons. The van der Waals surface area contributed by atoms with Crippen LogP contribution in [-0.2, 0) is 0 Å². The lowest BCUT2D eigenvalue weighted by atomic mass is 9.78. The molecule has 0 saturated heterocycles. The van der Waals surface area contributed by atoms with Gasteiger partial charge in [0.25, 0.3) is 0 Å². The van der Waals surface area contributed by atoms with Gasteiger partial charge in [0.1, 0.15) is 0 Å². The molecule has 80 valence electrons. The monoisotopic (exact) mass is 200 g/mol. The van der Waals surface area contributed by atoms with Crippen LogP contribution < -0.4 is 0 Å². The first-order valence-electron chi connectivity index (χ1n) is 6.06. The van der Waals surface area contributed by atoms with Gasteiger partial charge in [-0.05, 0) is 49.5 Å². The first-order valence-corrected chi connectivity index (χ1v) is 6.06. The van der Waals surface area contributed by atoms with Gasteiger partial charge >= 0.3 is 0 Å². The van der Waals surface area contributed by atoms with Gasteiger partial charge in [-0.3, -0.25) is 0 Å². The van der Waals surface area contributed by atoms with Crippen LogP contribution in [0.2, 0.25) is 0 Å². The van der Waals surface area contributed by atoms with Crippen LogP contribution in [0.4, 0.5) is 0 Å². The number of hydrogen-bond donors (Lipinski definition) is 0. The van der Waals surface area contributed by atoms with Crippen LogP contribution in [0.25, 0.3) is 0 Å². The Balaban J connectivity index is 1.91. The summed E-state index contributed by atoms with van der Waals surface area (Å²) in [5.41, 5.74) is 1.54. The summed E-state index contributed by atoms with van der Waals surface area (Å²) in [6, 6.07) is 11.0. The van der Waals surface area contributed by atoms with E-state index in [1.165, 1.54) is 37.7 Å². The Kier molecular flexibility index (Phi) is 3.60. The molecular formula is C15H20. The highest BCUT2D eigenvalue weighted by Crippen LogP contribution is 2.36. The van der Waals surface area contributed by atoms with Crippen LogP contribution >= 0.6 is 0 Å². The fraction of sp³-hybridized carbons (Fsp3) is 0.467. The first-order chi connectivity index (χ1) is 7.40. The van der Waals surface area contributed by atoms with Gasteiger partial charge in [-0.15, -0.1) is 6.58 Å². The van der Waals surface area contributed by atoms with Gasteiger partial charge in [-0.25, -0.2) is 0 Å². The molecule has 0 bridgehead atoms. The van der Waals surface area contributed by atoms with Gasteiger partial charge in [0.15, 0.2) is 0 Å². The summed E-state index contributed by atoms with van der Waals surface area (Å²) >= 11 is 0. The van der Waals surface area contributed by atoms with Gasteiger partial charge in [-0.2, -0.15) is 0 Å². The van der Waals surface area contributed by atoms with Crippen molar-refractivity contribution in [2.75, 3.05) is 0 Å². The molecule has 0 heteroatoms. The van der Waals surface area contributed by atoms with E-state index >= 15 is 0 Å². The summed E-state index contributed by atoms with van der Waals surface area (Å²) < 4.78 is 0. The second-order valence-electron chi connectivity index (χ2n) is 4.65. The third-order valence-electron chi connectivity index (χ3n) is 3.62. The molecule has 0 aromatic heterocycles. The van der Waals surface area contributed by atoms with E-state index in [1.807, 2.05) is 0 Å². The van der Waals surface area contributed by atoms with Crippen molar-refractivity contribution in [3.63, 3.8) is 0 Å². The summed E-state index contributed by atoms with van der Waals surface area (Å²) in [6.45, 7) is 3.83. The zero-order valence-corrected chi connectivity index (χ0v) is 9.36. The Labute approximate surface area is 93.0 Å². The normalized spacial score (nSPS) is 26.1. The highest BCUT2D eigenvalue weighted by molar-refractivity contribution is 5.19. The molecule has 0 aliphatic heterocycles. The van der Waals surface area contributed by atoms with Crippen molar-refractivity contribution in [1.82, 2.24) is 0 Å². The summed E-state index contributed by atoms with van der Waals surface area (Å²) in [7, 11) is 0. The molecule has 1 aliphatic carbocycles. The molecule has 0 atom stereocenters. The average molecular weight is 200 g/mol. The van der Waals surface area contributed by atoms with E-state index in [0.717, 1.165) is 11.8 Å². The molecule has 2 rings (SSSR count). The van der Waals surface area contributed by atoms with Crippen molar-refractivity contribution in [3.8, 4) is 0 Å². The average Bonchev–Trinajstić information content (AvgIpc) is 2.32. The van der Waals surface area contributed by atoms with Crippen molar-refractivity contribution in [3.05, 3.63) is 48.6 Å². The Morgan fingerprint density at radius 2 is 1.73 bits per heavy atom. The van der Waals surface area contributed by atoms with Crippen LogP contribution in [0.3, 0.4) is 0 Å². The van der Waals surface area contributed by atoms with Crippen LogP contribution in [0.1, 0.15) is 43.6 Å². The third-order valence-corrected chi connectivity index (χ3v) is 3.62. The van der Waals surface area contributed by atoms with Gasteiger partial charge in [0, 0.05) is 0 Å². The minimum atomic E-state index is 0.812. The second kappa shape index (κ2) is 5.16. The largest absolute Gasteiger partial charge is 0.103 e. The van der Waals surface area contributed by atoms with Crippen molar-refractivity contribution in [1.29, 1.82) is 0 Å². The smallest absolute Gasteiger partial charge is 0.0162 e. The van der Waals surface area contributed by atoms with E-state index in [0.29, 0.717) is 0 Å². The SMILES string of the molecule is C=CC[C@H]1CC[C@H](c2ccccc2)CC1. The van der Waals surface area contributed by atoms with Crippen LogP contribution in [-0.4, -0.2) is 0 Å². The van der Waals surface area contributed by atoms with Crippen molar-refractivity contribution < 1.29 is 0 Å². The van der Waals surface area contributed by atoms with E-state index in [9.17, 15) is 0 Å². The molecule has 15 heavy (non-hydrogen) atoms. The van der Waals surface area contributed by atoms with Crippen molar-refractivity contribution >= 4 is 0 Å². The van der Waals surface area contributed by atoms with E-state index in [1.54, 1.807) is 0 Å². The van der Waals surface area contributed by atoms with Crippen LogP contribution in [0.5, 0.6) is 0 Å². The van der Waals surface area contributed by atoms with Gasteiger partial charge in [-0.1, -0.05) is 36.4 Å². The van der Waals surface area contributed by atoms with E-state index in [4.69, 9.17) is 0 Å². The van der Waals surface area contributed by atoms with E-state index < -0.39 is 0 Å². The zero-order valence-electron chi connectivity index (χ0n) is 9.36. The predicted octanol–water partition coefficient (Wildman–Crippen LogP) is 4.54. The topological polar surface area (TPSA) is 0 Å². The van der Waals surface area contributed by atoms with Crippen LogP contribution in [0, 0.1) is 5.92 Å². The minimum absolute atomic E-state index is 0.812. The molecule has 0 amide bonds. The maximum Gasteiger partial charge on any atom is -0.0162 e. The van der Waals surface area contributed by atoms with Gasteiger partial charge in [0.2, 0.25) is 0 Å². The van der Waals surface area contributed by atoms with Gasteiger partial charge < -0.3 is 0 Å². The van der Waals surface area contributed by atoms with E-state index in [-0.39, 0.29) is 0 Å². The Hall–Kier alpha value is -1.04. The summed E-state index contributed by atoms with van der Waals surface area (Å²) in [5.74, 6) is 1.72. The third kappa shape index (κ3) is 2.71. The molecule has 1 aromatic rings. The molecule has 0 heterocycles. The lowest BCUT2D eigenvalue weighted by Gasteiger charge is -2.28. The molecule has 0 nitrogen and oxygen atoms in total. The highest BCUT2D eigenvalue weighted by atomic mass is 14.3. The highest BCUT2D eigenvalue weighted by Gasteiger charge is 2.20. The Bertz CT molecular complexity index is 291. The summed E-state index contributed by atoms with van der Waals surface area (Å²) in [5, 5.41) is 0. The molecular weight excluding hydrogens is 180 g/mol. The van der Waals surface area contributed by atoms with Gasteiger partial charge in [0.05, 0.1) is 0 Å². The zero-order chi connectivity index (χ0) is 10.5. The van der Waals surface area contributed by atoms with Crippen molar-refractivity contribution in [2.24, 2.45) is 5.92 Å². The fourth-order valence-electron chi connectivity index (χ4n) is 2.69. The first kappa shape index (κ1) is 10.5. The molecule has 1 fully saturated rings. The fourth-order valence-corrected chi connectivity index (χ4v) is 2.69. The van der Waals surface area contributed by atoms with Crippen molar-refractivity contribution in [2.45, 2.75) is 38.0 Å². The second-order valence-corrected chi connectivity index (χ2v) is 4.65. The Morgan fingerprint density at radius 3 is 2.33 bits per heavy atom. The quantitative estimate of drug-likeness (QED) is 0.628. The maximum atomic E-state index is 3.83. The number of allylic oxidation sites excluding steroid dienone is 1. The molecule has 1 aliphatic rings. The molecule has 1 aromatic carbocycles. The maximum absolute atomic E-state index is 3.83. The molecule has 0 N–H and O–H groups in total. The predicted molar refractivity (Wildman–Crippen MR) is 66.0 cm³/mol. The molecule has 0 spiro atoms. The molecule has 1 saturated carbocycles. The number of rotatable bonds is 3. The number of benzene rings is 1. The summed E-state index contributed by atoms with van der Waals surface area (Å²) in [4.78, 5) is 0. The molecule has 0 unspecified atom stereocenters. The number of hydrogen-bond acceptors (Lipinski definition) is 0. The van der Waals surface area contributed by atoms with Crippen LogP contribution in [0.15, 0.2) is 43.0 Å². The lowest BCUT2D eigenvalue weighted by molar-refractivity contribution is 0.328. The summed E-state index contributed by atoms with van der Waals surface area (Å²) in [6.07, 6.45) is 8.78.